The fourth-order valence-electron chi connectivity index (χ4n) is 3.39. The van der Waals surface area contributed by atoms with Crippen LogP contribution in [0.1, 0.15) is 40.0 Å². The highest BCUT2D eigenvalue weighted by Crippen LogP contribution is 2.19. The number of nitrogens with two attached hydrogens (primary N) is 1. The number of likely N-dealkylation sites (tertiary alicyclic amines) is 1. The van der Waals surface area contributed by atoms with Crippen LogP contribution in [0, 0.1) is 17.7 Å². The molecule has 0 spiro atoms. The maximum absolute atomic E-state index is 12.9. The van der Waals surface area contributed by atoms with E-state index >= 15 is 0 Å². The summed E-state index contributed by atoms with van der Waals surface area (Å²) < 4.78 is 12.9. The van der Waals surface area contributed by atoms with Gasteiger partial charge in [-0.2, -0.15) is 0 Å². The molecule has 1 aliphatic rings. The average molecular weight is 407 g/mol. The normalized spacial score (nSPS) is 17.0. The SMILES string of the molecule is CC(C)C[C@H](N)C(=O)N1CCC(C(=O)N[C@@H](C)C(=O)Nc2ccc(F)cc2)CC1. The lowest BCUT2D eigenvalue weighted by Crippen LogP contribution is -2.50. The molecule has 1 aliphatic heterocycles. The van der Waals surface area contributed by atoms with E-state index < -0.39 is 12.1 Å². The molecule has 2 rings (SSSR count). The van der Waals surface area contributed by atoms with Crippen LogP contribution >= 0.6 is 0 Å². The summed E-state index contributed by atoms with van der Waals surface area (Å²) >= 11 is 0. The van der Waals surface area contributed by atoms with Crippen LogP contribution in [0.15, 0.2) is 24.3 Å². The lowest BCUT2D eigenvalue weighted by molar-refractivity contribution is -0.137. The van der Waals surface area contributed by atoms with Gasteiger partial charge in [-0.3, -0.25) is 14.4 Å². The average Bonchev–Trinajstić information content (AvgIpc) is 2.68. The Kier molecular flexibility index (Phi) is 8.13. The van der Waals surface area contributed by atoms with Crippen LogP contribution in [0.2, 0.25) is 0 Å². The second-order valence-electron chi connectivity index (χ2n) is 8.06. The topological polar surface area (TPSA) is 105 Å². The molecule has 0 unspecified atom stereocenters. The summed E-state index contributed by atoms with van der Waals surface area (Å²) in [6.45, 7) is 6.62. The maximum atomic E-state index is 12.9. The van der Waals surface area contributed by atoms with Gasteiger partial charge in [0.1, 0.15) is 11.9 Å². The van der Waals surface area contributed by atoms with E-state index in [1.165, 1.54) is 24.3 Å². The molecule has 1 aromatic carbocycles. The maximum Gasteiger partial charge on any atom is 0.246 e. The highest BCUT2D eigenvalue weighted by Gasteiger charge is 2.30. The Bertz CT molecular complexity index is 715. The standard InChI is InChI=1S/C21H31FN4O3/c1-13(2)12-18(23)21(29)26-10-8-15(9-11-26)20(28)24-14(3)19(27)25-17-6-4-16(22)5-7-17/h4-7,13-15,18H,8-12,23H2,1-3H3,(H,24,28)(H,25,27)/t14-,18-/m0/s1. The first-order chi connectivity index (χ1) is 13.7. The number of hydrogen-bond acceptors (Lipinski definition) is 4. The van der Waals surface area contributed by atoms with Crippen LogP contribution < -0.4 is 16.4 Å². The lowest BCUT2D eigenvalue weighted by atomic mass is 9.94. The Morgan fingerprint density at radius 1 is 1.14 bits per heavy atom. The van der Waals surface area contributed by atoms with E-state index in [2.05, 4.69) is 10.6 Å². The van der Waals surface area contributed by atoms with Gasteiger partial charge in [0.2, 0.25) is 17.7 Å². The fourth-order valence-corrected chi connectivity index (χ4v) is 3.39. The summed E-state index contributed by atoms with van der Waals surface area (Å²) in [5, 5.41) is 5.36. The van der Waals surface area contributed by atoms with Gasteiger partial charge in [0.15, 0.2) is 0 Å². The third kappa shape index (κ3) is 6.81. The van der Waals surface area contributed by atoms with Crippen molar-refractivity contribution in [3.63, 3.8) is 0 Å². The molecule has 0 aliphatic carbocycles. The van der Waals surface area contributed by atoms with Crippen LogP contribution in [-0.4, -0.2) is 47.8 Å². The van der Waals surface area contributed by atoms with Crippen LogP contribution in [0.3, 0.4) is 0 Å². The van der Waals surface area contributed by atoms with E-state index in [9.17, 15) is 18.8 Å². The Morgan fingerprint density at radius 2 is 1.72 bits per heavy atom. The number of nitrogens with one attached hydrogen (secondary N) is 2. The summed E-state index contributed by atoms with van der Waals surface area (Å²) in [6.07, 6.45) is 1.72. The number of amides is 3. The molecule has 4 N–H and O–H groups in total. The van der Waals surface area contributed by atoms with Crippen molar-refractivity contribution in [3.8, 4) is 0 Å². The third-order valence-electron chi connectivity index (χ3n) is 5.08. The van der Waals surface area contributed by atoms with E-state index in [0.29, 0.717) is 44.0 Å². The molecule has 0 bridgehead atoms. The Hall–Kier alpha value is -2.48. The predicted molar refractivity (Wildman–Crippen MR) is 109 cm³/mol. The first kappa shape index (κ1) is 22.8. The molecule has 1 saturated heterocycles. The van der Waals surface area contributed by atoms with Crippen molar-refractivity contribution >= 4 is 23.4 Å². The van der Waals surface area contributed by atoms with Crippen molar-refractivity contribution in [2.75, 3.05) is 18.4 Å². The van der Waals surface area contributed by atoms with Crippen LogP contribution in [0.4, 0.5) is 10.1 Å². The first-order valence-corrected chi connectivity index (χ1v) is 10.1. The molecule has 2 atom stereocenters. The van der Waals surface area contributed by atoms with Gasteiger partial charge in [0.25, 0.3) is 0 Å². The molecule has 1 aromatic rings. The molecule has 1 heterocycles. The Morgan fingerprint density at radius 3 is 2.28 bits per heavy atom. The third-order valence-corrected chi connectivity index (χ3v) is 5.08. The Labute approximate surface area is 171 Å². The van der Waals surface area contributed by atoms with Gasteiger partial charge in [-0.1, -0.05) is 13.8 Å². The Balaban J connectivity index is 1.79. The van der Waals surface area contributed by atoms with E-state index in [0.717, 1.165) is 0 Å². The molecule has 0 saturated carbocycles. The van der Waals surface area contributed by atoms with Crippen LogP contribution in [0.5, 0.6) is 0 Å². The number of carbonyl (C=O) groups excluding carboxylic acids is 3. The first-order valence-electron chi connectivity index (χ1n) is 10.1. The van der Waals surface area contributed by atoms with Gasteiger partial charge in [-0.15, -0.1) is 0 Å². The minimum absolute atomic E-state index is 0.0652. The summed E-state index contributed by atoms with van der Waals surface area (Å²) in [6, 6.07) is 4.18. The summed E-state index contributed by atoms with van der Waals surface area (Å²) in [4.78, 5) is 38.9. The summed E-state index contributed by atoms with van der Waals surface area (Å²) in [5.41, 5.74) is 6.44. The molecule has 8 heteroatoms. The molecule has 1 fully saturated rings. The second-order valence-corrected chi connectivity index (χ2v) is 8.06. The van der Waals surface area contributed by atoms with Crippen LogP contribution in [0.25, 0.3) is 0 Å². The molecule has 0 radical (unpaired) electrons. The van der Waals surface area contributed by atoms with Crippen molar-refractivity contribution < 1.29 is 18.8 Å². The number of piperidine rings is 1. The van der Waals surface area contributed by atoms with E-state index in [4.69, 9.17) is 5.73 Å². The van der Waals surface area contributed by atoms with E-state index in [-0.39, 0.29) is 29.5 Å². The van der Waals surface area contributed by atoms with E-state index in [1.807, 2.05) is 13.8 Å². The van der Waals surface area contributed by atoms with Gasteiger partial charge in [-0.05, 0) is 56.4 Å². The van der Waals surface area contributed by atoms with Gasteiger partial charge < -0.3 is 21.3 Å². The van der Waals surface area contributed by atoms with Crippen molar-refractivity contribution in [2.24, 2.45) is 17.6 Å². The molecule has 3 amide bonds. The number of anilines is 1. The quantitative estimate of drug-likeness (QED) is 0.643. The van der Waals surface area contributed by atoms with E-state index in [1.54, 1.807) is 11.8 Å². The summed E-state index contributed by atoms with van der Waals surface area (Å²) in [7, 11) is 0. The van der Waals surface area contributed by atoms with Crippen LogP contribution in [-0.2, 0) is 14.4 Å². The highest BCUT2D eigenvalue weighted by atomic mass is 19.1. The molecular formula is C21H31FN4O3. The molecule has 160 valence electrons. The number of nitrogens with zero attached hydrogens (tertiary/aromatic N) is 1. The molecular weight excluding hydrogens is 375 g/mol. The monoisotopic (exact) mass is 406 g/mol. The molecule has 29 heavy (non-hydrogen) atoms. The zero-order valence-corrected chi connectivity index (χ0v) is 17.3. The largest absolute Gasteiger partial charge is 0.344 e. The van der Waals surface area contributed by atoms with Crippen molar-refractivity contribution in [3.05, 3.63) is 30.1 Å². The zero-order valence-electron chi connectivity index (χ0n) is 17.3. The van der Waals surface area contributed by atoms with Gasteiger partial charge in [0, 0.05) is 24.7 Å². The minimum Gasteiger partial charge on any atom is -0.344 e. The summed E-state index contributed by atoms with van der Waals surface area (Å²) in [5.74, 6) is -0.937. The van der Waals surface area contributed by atoms with Gasteiger partial charge >= 0.3 is 0 Å². The number of carbonyl (C=O) groups is 3. The second kappa shape index (κ2) is 10.3. The van der Waals surface area contributed by atoms with Crippen molar-refractivity contribution in [1.29, 1.82) is 0 Å². The zero-order chi connectivity index (χ0) is 21.6. The van der Waals surface area contributed by atoms with Crippen molar-refractivity contribution in [2.45, 2.75) is 52.1 Å². The highest BCUT2D eigenvalue weighted by molar-refractivity contribution is 5.97. The lowest BCUT2D eigenvalue weighted by Gasteiger charge is -2.33. The van der Waals surface area contributed by atoms with Gasteiger partial charge in [-0.25, -0.2) is 4.39 Å². The minimum atomic E-state index is -0.730. The number of halogens is 1. The predicted octanol–water partition coefficient (Wildman–Crippen LogP) is 1.88. The molecule has 7 nitrogen and oxygen atoms in total. The fraction of sp³-hybridized carbons (Fsp3) is 0.571. The number of benzene rings is 1. The number of rotatable bonds is 7. The van der Waals surface area contributed by atoms with Crippen molar-refractivity contribution in [1.82, 2.24) is 10.2 Å². The smallest absolute Gasteiger partial charge is 0.246 e. The molecule has 0 aromatic heterocycles. The number of hydrogen-bond donors (Lipinski definition) is 3. The van der Waals surface area contributed by atoms with Gasteiger partial charge in [0.05, 0.1) is 6.04 Å².